The second-order valence-corrected chi connectivity index (χ2v) is 29.2. The summed E-state index contributed by atoms with van der Waals surface area (Å²) in [6.45, 7) is 0. The molecule has 0 bridgehead atoms. The summed E-state index contributed by atoms with van der Waals surface area (Å²) < 4.78 is 7.21. The Morgan fingerprint density at radius 2 is 0.695 bits per heavy atom. The monoisotopic (exact) mass is 1400 g/mol. The largest absolute Gasteiger partial charge is 0.309 e. The maximum Gasteiger partial charge on any atom is 0.164 e. The first-order valence-electron chi connectivity index (χ1n) is 35.1. The number of nitrogens with zero attached hydrogens (tertiary/aromatic N) is 7. The van der Waals surface area contributed by atoms with E-state index in [0.717, 1.165) is 77.4 Å². The van der Waals surface area contributed by atoms with E-state index < -0.39 is 0 Å². The average Bonchev–Trinajstić information content (AvgIpc) is 1.58. The second kappa shape index (κ2) is 25.9. The van der Waals surface area contributed by atoms with Gasteiger partial charge in [0.25, 0.3) is 0 Å². The minimum absolute atomic E-state index is 0.650. The van der Waals surface area contributed by atoms with Crippen LogP contribution in [0.4, 0.5) is 0 Å². The van der Waals surface area contributed by atoms with E-state index >= 15 is 0 Å². The zero-order valence-electron chi connectivity index (χ0n) is 56.4. The molecule has 1 aliphatic carbocycles. The number of benzene rings is 16. The first-order valence-corrected chi connectivity index (χ1v) is 37.1. The number of aromatic nitrogens is 7. The second-order valence-electron chi connectivity index (χ2n) is 26.6. The van der Waals surface area contributed by atoms with Crippen molar-refractivity contribution in [2.24, 2.45) is 0 Å². The molecule has 22 rings (SSSR count). The Bertz CT molecular complexity index is 7040. The molecule has 492 valence electrons. The van der Waals surface area contributed by atoms with Crippen LogP contribution in [0.25, 0.3) is 190 Å². The van der Waals surface area contributed by atoms with Crippen molar-refractivity contribution in [3.05, 3.63) is 356 Å². The van der Waals surface area contributed by atoms with Crippen molar-refractivity contribution in [3.63, 3.8) is 0 Å². The molecule has 5 aromatic heterocycles. The molecule has 0 saturated heterocycles. The Balaban J connectivity index is 0.000000118. The van der Waals surface area contributed by atoms with Gasteiger partial charge in [0.05, 0.1) is 11.0 Å². The van der Waals surface area contributed by atoms with Crippen molar-refractivity contribution >= 4 is 140 Å². The Hall–Kier alpha value is -12.9. The predicted molar refractivity (Wildman–Crippen MR) is 442 cm³/mol. The van der Waals surface area contributed by atoms with E-state index in [9.17, 15) is 0 Å². The first-order chi connectivity index (χ1) is 51.9. The topological polar surface area (TPSA) is 82.3 Å². The highest BCUT2D eigenvalue weighted by Gasteiger charge is 2.23. The molecular weight excluding hydrogens is 1340 g/mol. The van der Waals surface area contributed by atoms with E-state index in [1.165, 1.54) is 101 Å². The molecule has 0 atom stereocenters. The van der Waals surface area contributed by atoms with E-state index in [0.29, 0.717) is 34.9 Å². The molecule has 105 heavy (non-hydrogen) atoms. The molecule has 1 aliphatic rings. The fourth-order valence-corrected chi connectivity index (χ4v) is 17.6. The van der Waals surface area contributed by atoms with Crippen molar-refractivity contribution < 1.29 is 0 Å². The van der Waals surface area contributed by atoms with Gasteiger partial charge < -0.3 is 4.57 Å². The summed E-state index contributed by atoms with van der Waals surface area (Å²) in [4.78, 5) is 30.3. The summed E-state index contributed by atoms with van der Waals surface area (Å²) in [6.07, 6.45) is 1.08. The van der Waals surface area contributed by atoms with Crippen LogP contribution in [0.15, 0.2) is 340 Å². The molecule has 5 heterocycles. The normalized spacial score (nSPS) is 11.8. The van der Waals surface area contributed by atoms with Gasteiger partial charge in [0.1, 0.15) is 0 Å². The molecule has 0 radical (unpaired) electrons. The number of fused-ring (bicyclic) bond motifs is 16. The first kappa shape index (κ1) is 61.9. The molecule has 0 aliphatic heterocycles. The van der Waals surface area contributed by atoms with E-state index in [4.69, 9.17) is 41.5 Å². The standard InChI is InChI=1S/C47H28N4S.C31H18ClN3S.C17H12/c1-2-12-30(13-3-1)45-48-46(34-22-21-29-11-4-5-14-31(29)25-34)50-47(49-45)37-18-10-20-43-44(37)39-28-35(23-24-42(39)52-43)51-40-19-9-8-17-36(40)38-26-32-15-6-7-16-33(32)27-41(38)51;32-23-15-16-26-25(18-23)28-24(11-6-12-27(28)36-26)31-34-29(20-8-2-1-3-9-20)33-30(35-31)22-14-13-19-7-4-5-10-21(19)17-22;1-2-6-13-11-17-15(9-12(13)5-1)10-14-7-3-4-8-16(14)17/h1-28H;1-18H;1-9,11H,10H2. The van der Waals surface area contributed by atoms with Crippen LogP contribution in [0.5, 0.6) is 0 Å². The maximum atomic E-state index is 6.40. The molecular formula is C95H58ClN7S2. The molecule has 0 fully saturated rings. The lowest BCUT2D eigenvalue weighted by Gasteiger charge is -2.11. The third kappa shape index (κ3) is 11.3. The lowest BCUT2D eigenvalue weighted by Crippen LogP contribution is -2.00. The molecule has 0 N–H and O–H groups in total. The van der Waals surface area contributed by atoms with Crippen molar-refractivity contribution in [2.45, 2.75) is 6.42 Å². The quantitative estimate of drug-likeness (QED) is 0.158. The van der Waals surface area contributed by atoms with Gasteiger partial charge in [-0.1, -0.05) is 266 Å². The zero-order valence-corrected chi connectivity index (χ0v) is 58.8. The third-order valence-electron chi connectivity index (χ3n) is 20.2. The minimum atomic E-state index is 0.650. The number of rotatable bonds is 7. The van der Waals surface area contributed by atoms with E-state index in [-0.39, 0.29) is 0 Å². The van der Waals surface area contributed by atoms with E-state index in [2.05, 4.69) is 278 Å². The Morgan fingerprint density at radius 1 is 0.248 bits per heavy atom. The summed E-state index contributed by atoms with van der Waals surface area (Å²) >= 11 is 9.96. The molecule has 0 unspecified atom stereocenters. The average molecular weight is 1400 g/mol. The highest BCUT2D eigenvalue weighted by molar-refractivity contribution is 7.26. The lowest BCUT2D eigenvalue weighted by molar-refractivity contribution is 1.08. The summed E-state index contributed by atoms with van der Waals surface area (Å²) in [5, 5.41) is 17.6. The summed E-state index contributed by atoms with van der Waals surface area (Å²) in [6, 6.07) is 119. The van der Waals surface area contributed by atoms with Gasteiger partial charge in [0, 0.05) is 95.2 Å². The smallest absolute Gasteiger partial charge is 0.164 e. The number of hydrogen-bond donors (Lipinski definition) is 0. The molecule has 10 heteroatoms. The summed E-state index contributed by atoms with van der Waals surface area (Å²) in [5.74, 6) is 3.93. The van der Waals surface area contributed by atoms with Crippen molar-refractivity contribution in [2.75, 3.05) is 0 Å². The highest BCUT2D eigenvalue weighted by Crippen LogP contribution is 2.45. The number of hydrogen-bond acceptors (Lipinski definition) is 8. The summed E-state index contributed by atoms with van der Waals surface area (Å²) in [7, 11) is 0. The third-order valence-corrected chi connectivity index (χ3v) is 22.7. The highest BCUT2D eigenvalue weighted by atomic mass is 35.5. The van der Waals surface area contributed by atoms with Crippen LogP contribution in [-0.2, 0) is 6.42 Å². The predicted octanol–water partition coefficient (Wildman–Crippen LogP) is 26.1. The van der Waals surface area contributed by atoms with Crippen LogP contribution in [0.2, 0.25) is 5.02 Å². The van der Waals surface area contributed by atoms with Gasteiger partial charge in [-0.2, -0.15) is 0 Å². The molecule has 0 spiro atoms. The van der Waals surface area contributed by atoms with Gasteiger partial charge in [-0.15, -0.1) is 22.7 Å². The Morgan fingerprint density at radius 3 is 1.29 bits per heavy atom. The maximum absolute atomic E-state index is 6.40. The molecule has 7 nitrogen and oxygen atoms in total. The summed E-state index contributed by atoms with van der Waals surface area (Å²) in [5.41, 5.74) is 15.1. The molecule has 0 saturated carbocycles. The minimum Gasteiger partial charge on any atom is -0.309 e. The van der Waals surface area contributed by atoms with E-state index in [1.807, 2.05) is 78.1 Å². The van der Waals surface area contributed by atoms with Crippen LogP contribution < -0.4 is 0 Å². The Labute approximate surface area is 617 Å². The van der Waals surface area contributed by atoms with E-state index in [1.54, 1.807) is 11.3 Å². The fraction of sp³-hybridized carbons (Fsp3) is 0.0105. The van der Waals surface area contributed by atoms with Crippen molar-refractivity contribution in [3.8, 4) is 85.1 Å². The van der Waals surface area contributed by atoms with Crippen LogP contribution in [-0.4, -0.2) is 34.5 Å². The SMILES string of the molecule is Clc1ccc2sc3cccc(-c4nc(-c5ccccc5)nc(-c5ccc6ccccc6c5)n4)c3c2c1.c1ccc(-c2nc(-c3ccc4ccccc4c3)nc(-c3cccc4sc5ccc(-n6c7ccccc7c7cc8ccccc8cc76)cc5c34)n2)cc1.c1ccc2c(c1)Cc1cc3ccccc3cc1-2. The fourth-order valence-electron chi connectivity index (χ4n) is 15.2. The van der Waals surface area contributed by atoms with Gasteiger partial charge in [-0.3, -0.25) is 0 Å². The number of para-hydroxylation sites is 1. The van der Waals surface area contributed by atoms with Crippen LogP contribution in [0.3, 0.4) is 0 Å². The van der Waals surface area contributed by atoms with Crippen LogP contribution >= 0.6 is 34.3 Å². The van der Waals surface area contributed by atoms with Gasteiger partial charge in [0.15, 0.2) is 34.9 Å². The molecule has 21 aromatic rings. The molecule has 0 amide bonds. The number of thiophene rings is 2. The zero-order chi connectivity index (χ0) is 69.5. The van der Waals surface area contributed by atoms with Gasteiger partial charge in [0.2, 0.25) is 0 Å². The Kier molecular flexibility index (Phi) is 15.3. The lowest BCUT2D eigenvalue weighted by atomic mass is 10.0. The number of halogens is 1. The van der Waals surface area contributed by atoms with Crippen LogP contribution in [0, 0.1) is 0 Å². The van der Waals surface area contributed by atoms with Gasteiger partial charge in [-0.05, 0) is 157 Å². The molecule has 16 aromatic carbocycles. The van der Waals surface area contributed by atoms with Crippen molar-refractivity contribution in [1.29, 1.82) is 0 Å². The van der Waals surface area contributed by atoms with Crippen molar-refractivity contribution in [1.82, 2.24) is 34.5 Å². The van der Waals surface area contributed by atoms with Gasteiger partial charge in [-0.25, -0.2) is 29.9 Å². The van der Waals surface area contributed by atoms with Gasteiger partial charge >= 0.3 is 0 Å². The van der Waals surface area contributed by atoms with Crippen LogP contribution in [0.1, 0.15) is 11.1 Å².